The summed E-state index contributed by atoms with van der Waals surface area (Å²) in [5.41, 5.74) is 2.38. The molecule has 74 valence electrons. The van der Waals surface area contributed by atoms with Gasteiger partial charge in [0.25, 0.3) is 0 Å². The van der Waals surface area contributed by atoms with Crippen LogP contribution in [0, 0.1) is 6.92 Å². The van der Waals surface area contributed by atoms with Crippen molar-refractivity contribution in [2.24, 2.45) is 0 Å². The zero-order valence-electron chi connectivity index (χ0n) is 8.34. The Morgan fingerprint density at radius 3 is 2.33 bits per heavy atom. The first-order valence-corrected chi connectivity index (χ1v) is 4.65. The van der Waals surface area contributed by atoms with Gasteiger partial charge in [0.15, 0.2) is 5.78 Å². The number of carbonyl (C=O) groups excluding carboxylic acids is 1. The van der Waals surface area contributed by atoms with E-state index >= 15 is 0 Å². The molecular formula is C12H10N2O. The maximum Gasteiger partial charge on any atom is 0.194 e. The monoisotopic (exact) mass is 198 g/mol. The number of nitrogens with zero attached hydrogens (tertiary/aromatic N) is 2. The Balaban J connectivity index is 2.33. The smallest absolute Gasteiger partial charge is 0.194 e. The average Bonchev–Trinajstić information content (AvgIpc) is 2.30. The van der Waals surface area contributed by atoms with Crippen LogP contribution in [0.1, 0.15) is 21.5 Å². The molecule has 0 saturated heterocycles. The van der Waals surface area contributed by atoms with E-state index < -0.39 is 0 Å². The molecule has 0 atom stereocenters. The largest absolute Gasteiger partial charge is 0.289 e. The third-order valence-corrected chi connectivity index (χ3v) is 2.16. The van der Waals surface area contributed by atoms with Crippen LogP contribution in [-0.2, 0) is 0 Å². The Bertz CT molecular complexity index is 463. The maximum atomic E-state index is 11.9. The molecule has 15 heavy (non-hydrogen) atoms. The standard InChI is InChI=1S/C12H10N2O/c1-9-2-4-10(5-3-9)12(15)11-6-7-13-14-8-11/h2-8H,1H3. The first-order valence-electron chi connectivity index (χ1n) is 4.65. The molecule has 0 fully saturated rings. The molecule has 0 N–H and O–H groups in total. The molecule has 1 heterocycles. The number of rotatable bonds is 2. The summed E-state index contributed by atoms with van der Waals surface area (Å²) in [6, 6.07) is 9.13. The van der Waals surface area contributed by atoms with Crippen LogP contribution in [-0.4, -0.2) is 16.0 Å². The number of carbonyl (C=O) groups is 1. The van der Waals surface area contributed by atoms with Crippen LogP contribution < -0.4 is 0 Å². The van der Waals surface area contributed by atoms with Gasteiger partial charge in [0.2, 0.25) is 0 Å². The molecule has 0 aliphatic heterocycles. The first-order chi connectivity index (χ1) is 7.27. The van der Waals surface area contributed by atoms with Gasteiger partial charge in [-0.2, -0.15) is 10.2 Å². The van der Waals surface area contributed by atoms with E-state index in [1.165, 1.54) is 12.4 Å². The van der Waals surface area contributed by atoms with E-state index in [1.807, 2.05) is 31.2 Å². The van der Waals surface area contributed by atoms with Crippen LogP contribution in [0.15, 0.2) is 42.7 Å². The molecular weight excluding hydrogens is 188 g/mol. The highest BCUT2D eigenvalue weighted by atomic mass is 16.1. The predicted molar refractivity (Wildman–Crippen MR) is 56.6 cm³/mol. The van der Waals surface area contributed by atoms with E-state index in [-0.39, 0.29) is 5.78 Å². The lowest BCUT2D eigenvalue weighted by molar-refractivity contribution is 0.103. The molecule has 0 spiro atoms. The molecule has 0 unspecified atom stereocenters. The van der Waals surface area contributed by atoms with Gasteiger partial charge in [0, 0.05) is 11.1 Å². The summed E-state index contributed by atoms with van der Waals surface area (Å²) in [6.07, 6.45) is 2.99. The van der Waals surface area contributed by atoms with Crippen molar-refractivity contribution < 1.29 is 4.79 Å². The molecule has 0 amide bonds. The van der Waals surface area contributed by atoms with E-state index in [9.17, 15) is 4.79 Å². The minimum Gasteiger partial charge on any atom is -0.289 e. The molecule has 3 nitrogen and oxygen atoms in total. The second-order valence-corrected chi connectivity index (χ2v) is 3.33. The fourth-order valence-electron chi connectivity index (χ4n) is 1.30. The molecule has 0 radical (unpaired) electrons. The maximum absolute atomic E-state index is 11.9. The van der Waals surface area contributed by atoms with Crippen molar-refractivity contribution >= 4 is 5.78 Å². The molecule has 1 aromatic heterocycles. The molecule has 2 rings (SSSR count). The molecule has 3 heteroatoms. The third-order valence-electron chi connectivity index (χ3n) is 2.16. The Morgan fingerprint density at radius 2 is 1.73 bits per heavy atom. The molecule has 1 aromatic carbocycles. The quantitative estimate of drug-likeness (QED) is 0.693. The van der Waals surface area contributed by atoms with Crippen LogP contribution in [0.25, 0.3) is 0 Å². The molecule has 0 aliphatic carbocycles. The summed E-state index contributed by atoms with van der Waals surface area (Å²) in [7, 11) is 0. The van der Waals surface area contributed by atoms with Gasteiger partial charge in [-0.3, -0.25) is 4.79 Å². The Labute approximate surface area is 87.8 Å². The predicted octanol–water partition coefficient (Wildman–Crippen LogP) is 2.02. The fourth-order valence-corrected chi connectivity index (χ4v) is 1.30. The van der Waals surface area contributed by atoms with Crippen molar-refractivity contribution in [2.45, 2.75) is 6.92 Å². The number of hydrogen-bond donors (Lipinski definition) is 0. The SMILES string of the molecule is Cc1ccc(C(=O)c2ccnnc2)cc1. The van der Waals surface area contributed by atoms with Crippen molar-refractivity contribution in [1.82, 2.24) is 10.2 Å². The minimum atomic E-state index is -0.0232. The van der Waals surface area contributed by atoms with Crippen LogP contribution in [0.5, 0.6) is 0 Å². The normalized spacial score (nSPS) is 9.93. The number of hydrogen-bond acceptors (Lipinski definition) is 3. The van der Waals surface area contributed by atoms with Gasteiger partial charge >= 0.3 is 0 Å². The number of benzene rings is 1. The summed E-state index contributed by atoms with van der Waals surface area (Å²) in [6.45, 7) is 1.99. The van der Waals surface area contributed by atoms with E-state index in [0.29, 0.717) is 11.1 Å². The molecule has 2 aromatic rings. The zero-order valence-corrected chi connectivity index (χ0v) is 8.34. The Morgan fingerprint density at radius 1 is 1.00 bits per heavy atom. The van der Waals surface area contributed by atoms with Crippen molar-refractivity contribution in [2.75, 3.05) is 0 Å². The fraction of sp³-hybridized carbons (Fsp3) is 0.0833. The van der Waals surface area contributed by atoms with Gasteiger partial charge in [0.1, 0.15) is 0 Å². The summed E-state index contributed by atoms with van der Waals surface area (Å²) in [4.78, 5) is 11.9. The van der Waals surface area contributed by atoms with E-state index in [1.54, 1.807) is 6.07 Å². The van der Waals surface area contributed by atoms with Gasteiger partial charge in [-0.05, 0) is 13.0 Å². The zero-order chi connectivity index (χ0) is 10.7. The highest BCUT2D eigenvalue weighted by molar-refractivity contribution is 6.08. The number of ketones is 1. The highest BCUT2D eigenvalue weighted by Crippen LogP contribution is 2.09. The second kappa shape index (κ2) is 4.00. The third kappa shape index (κ3) is 2.07. The van der Waals surface area contributed by atoms with Crippen LogP contribution in [0.2, 0.25) is 0 Å². The summed E-state index contributed by atoms with van der Waals surface area (Å²) >= 11 is 0. The summed E-state index contributed by atoms with van der Waals surface area (Å²) < 4.78 is 0. The van der Waals surface area contributed by atoms with Crippen molar-refractivity contribution in [1.29, 1.82) is 0 Å². The lowest BCUT2D eigenvalue weighted by atomic mass is 10.0. The van der Waals surface area contributed by atoms with E-state index in [0.717, 1.165) is 5.56 Å². The van der Waals surface area contributed by atoms with Crippen LogP contribution >= 0.6 is 0 Å². The lowest BCUT2D eigenvalue weighted by Crippen LogP contribution is -2.01. The van der Waals surface area contributed by atoms with Gasteiger partial charge in [-0.1, -0.05) is 29.8 Å². The van der Waals surface area contributed by atoms with Gasteiger partial charge in [0.05, 0.1) is 12.4 Å². The van der Waals surface area contributed by atoms with Gasteiger partial charge < -0.3 is 0 Å². The van der Waals surface area contributed by atoms with Gasteiger partial charge in [-0.25, -0.2) is 0 Å². The van der Waals surface area contributed by atoms with Crippen LogP contribution in [0.4, 0.5) is 0 Å². The Hall–Kier alpha value is -2.03. The second-order valence-electron chi connectivity index (χ2n) is 3.33. The summed E-state index contributed by atoms with van der Waals surface area (Å²) in [5, 5.41) is 7.31. The molecule has 0 bridgehead atoms. The minimum absolute atomic E-state index is 0.0232. The average molecular weight is 198 g/mol. The molecule has 0 saturated carbocycles. The van der Waals surface area contributed by atoms with Crippen molar-refractivity contribution in [3.63, 3.8) is 0 Å². The van der Waals surface area contributed by atoms with Crippen LogP contribution in [0.3, 0.4) is 0 Å². The van der Waals surface area contributed by atoms with E-state index in [4.69, 9.17) is 0 Å². The van der Waals surface area contributed by atoms with Crippen molar-refractivity contribution in [3.05, 3.63) is 59.4 Å². The van der Waals surface area contributed by atoms with E-state index in [2.05, 4.69) is 10.2 Å². The summed E-state index contributed by atoms with van der Waals surface area (Å²) in [5.74, 6) is -0.0232. The topological polar surface area (TPSA) is 42.9 Å². The Kier molecular flexibility index (Phi) is 2.54. The lowest BCUT2D eigenvalue weighted by Gasteiger charge is -2.00. The molecule has 0 aliphatic rings. The van der Waals surface area contributed by atoms with Crippen molar-refractivity contribution in [3.8, 4) is 0 Å². The first kappa shape index (κ1) is 9.52. The number of aromatic nitrogens is 2. The highest BCUT2D eigenvalue weighted by Gasteiger charge is 2.07. The number of aryl methyl sites for hydroxylation is 1. The van der Waals surface area contributed by atoms with Gasteiger partial charge in [-0.15, -0.1) is 0 Å².